The lowest BCUT2D eigenvalue weighted by atomic mass is 10.0. The van der Waals surface area contributed by atoms with Crippen LogP contribution in [0.25, 0.3) is 22.5 Å². The minimum absolute atomic E-state index is 0.218. The summed E-state index contributed by atoms with van der Waals surface area (Å²) in [6.07, 6.45) is 0. The average Bonchev–Trinajstić information content (AvgIpc) is 3.00. The van der Waals surface area contributed by atoms with Gasteiger partial charge in [-0.15, -0.1) is 0 Å². The summed E-state index contributed by atoms with van der Waals surface area (Å²) in [6, 6.07) is 19.7. The molecule has 4 rings (SSSR count). The number of hydrogen-bond donors (Lipinski definition) is 0. The Hall–Kier alpha value is -2.33. The zero-order valence-corrected chi connectivity index (χ0v) is 13.5. The van der Waals surface area contributed by atoms with Crippen molar-refractivity contribution < 1.29 is 6.17 Å². The standard InChI is InChI=1S/C19H16N2OS/c1-13-12-23-19-20-16(14-8-4-2-5-9-14)17(21(19)18(13)22)15-10-6-3-7-11-15/h2-11,13H,12H2,1H3/i13D. The predicted molar refractivity (Wildman–Crippen MR) is 93.6 cm³/mol. The van der Waals surface area contributed by atoms with E-state index in [-0.39, 0.29) is 5.91 Å². The van der Waals surface area contributed by atoms with Crippen LogP contribution < -0.4 is 0 Å². The smallest absolute Gasteiger partial charge is 0.236 e. The van der Waals surface area contributed by atoms with Gasteiger partial charge in [0.05, 0.1) is 11.4 Å². The van der Waals surface area contributed by atoms with Crippen LogP contribution in [0.3, 0.4) is 0 Å². The minimum Gasteiger partial charge on any atom is -0.274 e. The van der Waals surface area contributed by atoms with E-state index < -0.39 is 5.89 Å². The van der Waals surface area contributed by atoms with E-state index in [0.717, 1.165) is 22.5 Å². The second-order valence-corrected chi connectivity index (χ2v) is 6.48. The van der Waals surface area contributed by atoms with Crippen molar-refractivity contribution >= 4 is 17.7 Å². The van der Waals surface area contributed by atoms with Crippen molar-refractivity contribution in [2.75, 3.05) is 5.75 Å². The van der Waals surface area contributed by atoms with Gasteiger partial charge in [0, 0.05) is 24.1 Å². The Morgan fingerprint density at radius 2 is 1.70 bits per heavy atom. The van der Waals surface area contributed by atoms with Crippen LogP contribution in [0.5, 0.6) is 0 Å². The molecule has 0 spiro atoms. The molecule has 0 fully saturated rings. The topological polar surface area (TPSA) is 34.9 Å². The van der Waals surface area contributed by atoms with E-state index in [2.05, 4.69) is 0 Å². The van der Waals surface area contributed by atoms with Crippen LogP contribution in [0.15, 0.2) is 65.8 Å². The minimum atomic E-state index is -1.14. The summed E-state index contributed by atoms with van der Waals surface area (Å²) in [4.78, 5) is 17.6. The Bertz CT molecular complexity index is 904. The zero-order valence-electron chi connectivity index (χ0n) is 13.7. The Kier molecular flexibility index (Phi) is 3.26. The maximum Gasteiger partial charge on any atom is 0.236 e. The van der Waals surface area contributed by atoms with Gasteiger partial charge in [-0.1, -0.05) is 79.3 Å². The maximum atomic E-state index is 12.9. The molecule has 0 radical (unpaired) electrons. The summed E-state index contributed by atoms with van der Waals surface area (Å²) < 4.78 is 9.94. The van der Waals surface area contributed by atoms with Crippen molar-refractivity contribution in [2.24, 2.45) is 5.89 Å². The molecule has 0 N–H and O–H groups in total. The van der Waals surface area contributed by atoms with Gasteiger partial charge >= 0.3 is 0 Å². The number of fused-ring (bicyclic) bond motifs is 1. The Labute approximate surface area is 140 Å². The van der Waals surface area contributed by atoms with Crippen molar-refractivity contribution in [2.45, 2.75) is 12.1 Å². The SMILES string of the molecule is [2H]C1(C)CSc2nc(-c3ccccc3)c(-c3ccccc3)n2C1=O. The number of hydrogen-bond acceptors (Lipinski definition) is 3. The number of thioether (sulfide) groups is 1. The maximum absolute atomic E-state index is 12.9. The van der Waals surface area contributed by atoms with Crippen molar-refractivity contribution in [1.29, 1.82) is 0 Å². The molecule has 1 aliphatic rings. The highest BCUT2D eigenvalue weighted by Gasteiger charge is 2.31. The van der Waals surface area contributed by atoms with E-state index in [9.17, 15) is 4.79 Å². The molecule has 0 amide bonds. The Morgan fingerprint density at radius 1 is 1.09 bits per heavy atom. The van der Waals surface area contributed by atoms with E-state index in [4.69, 9.17) is 6.35 Å². The molecule has 1 atom stereocenters. The zero-order chi connectivity index (χ0) is 16.7. The second kappa shape index (κ2) is 5.70. The van der Waals surface area contributed by atoms with Crippen LogP contribution in [0.4, 0.5) is 0 Å². The second-order valence-electron chi connectivity index (χ2n) is 5.53. The monoisotopic (exact) mass is 321 g/mol. The first kappa shape index (κ1) is 13.1. The van der Waals surface area contributed by atoms with E-state index in [1.807, 2.05) is 60.7 Å². The number of rotatable bonds is 2. The van der Waals surface area contributed by atoms with Gasteiger partial charge in [-0.2, -0.15) is 0 Å². The third kappa shape index (κ3) is 2.39. The van der Waals surface area contributed by atoms with Crippen molar-refractivity contribution in [3.05, 3.63) is 60.7 Å². The molecular weight excluding hydrogens is 304 g/mol. The number of carbonyl (C=O) groups excluding carboxylic acids is 1. The molecule has 3 aromatic rings. The molecule has 2 heterocycles. The number of nitrogens with zero attached hydrogens (tertiary/aromatic N) is 2. The molecule has 1 aliphatic heterocycles. The van der Waals surface area contributed by atoms with Gasteiger partial charge in [0.15, 0.2) is 5.16 Å². The van der Waals surface area contributed by atoms with Crippen molar-refractivity contribution in [3.8, 4) is 22.5 Å². The van der Waals surface area contributed by atoms with E-state index in [1.54, 1.807) is 11.5 Å². The van der Waals surface area contributed by atoms with Crippen molar-refractivity contribution in [1.82, 2.24) is 9.55 Å². The quantitative estimate of drug-likeness (QED) is 0.692. The third-order valence-electron chi connectivity index (χ3n) is 3.93. The van der Waals surface area contributed by atoms with E-state index in [0.29, 0.717) is 10.9 Å². The molecule has 4 heteroatoms. The normalized spacial score (nSPS) is 20.9. The first-order valence-electron chi connectivity index (χ1n) is 7.99. The number of benzene rings is 2. The fraction of sp³-hybridized carbons (Fsp3) is 0.158. The molecule has 0 aliphatic carbocycles. The van der Waals surface area contributed by atoms with Crippen LogP contribution in [0.1, 0.15) is 13.1 Å². The van der Waals surface area contributed by atoms with Gasteiger partial charge in [0.2, 0.25) is 5.91 Å². The molecule has 23 heavy (non-hydrogen) atoms. The van der Waals surface area contributed by atoms with Crippen molar-refractivity contribution in [3.63, 3.8) is 0 Å². The predicted octanol–water partition coefficient (Wildman–Crippen LogP) is 4.60. The van der Waals surface area contributed by atoms with E-state index in [1.165, 1.54) is 11.8 Å². The summed E-state index contributed by atoms with van der Waals surface area (Å²) in [5, 5.41) is 0.669. The molecular formula is C19H16N2OS. The lowest BCUT2D eigenvalue weighted by Crippen LogP contribution is -2.26. The largest absolute Gasteiger partial charge is 0.274 e. The van der Waals surface area contributed by atoms with Gasteiger partial charge in [0.25, 0.3) is 0 Å². The molecule has 1 aromatic heterocycles. The van der Waals surface area contributed by atoms with Crippen LogP contribution in [-0.2, 0) is 0 Å². The highest BCUT2D eigenvalue weighted by atomic mass is 32.2. The molecule has 0 saturated carbocycles. The fourth-order valence-corrected chi connectivity index (χ4v) is 3.70. The Morgan fingerprint density at radius 3 is 2.35 bits per heavy atom. The summed E-state index contributed by atoms with van der Waals surface area (Å²) in [6.45, 7) is 1.67. The Balaban J connectivity index is 2.02. The summed E-state index contributed by atoms with van der Waals surface area (Å²) in [5.41, 5.74) is 3.46. The molecule has 2 aromatic carbocycles. The lowest BCUT2D eigenvalue weighted by Gasteiger charge is -2.20. The van der Waals surface area contributed by atoms with Gasteiger partial charge in [-0.25, -0.2) is 4.98 Å². The van der Waals surface area contributed by atoms with Crippen LogP contribution in [0.2, 0.25) is 0 Å². The first-order valence-corrected chi connectivity index (χ1v) is 8.48. The highest BCUT2D eigenvalue weighted by molar-refractivity contribution is 7.99. The molecule has 0 bridgehead atoms. The number of aromatic nitrogens is 2. The van der Waals surface area contributed by atoms with Gasteiger partial charge in [-0.05, 0) is 0 Å². The average molecular weight is 321 g/mol. The number of carbonyl (C=O) groups is 1. The fourth-order valence-electron chi connectivity index (χ4n) is 2.77. The van der Waals surface area contributed by atoms with E-state index >= 15 is 0 Å². The molecule has 3 nitrogen and oxygen atoms in total. The van der Waals surface area contributed by atoms with Crippen LogP contribution >= 0.6 is 11.8 Å². The molecule has 1 unspecified atom stereocenters. The highest BCUT2D eigenvalue weighted by Crippen LogP contribution is 2.39. The lowest BCUT2D eigenvalue weighted by molar-refractivity contribution is 0.0843. The summed E-state index contributed by atoms with van der Waals surface area (Å²) in [7, 11) is 0. The first-order chi connectivity index (χ1) is 11.6. The van der Waals surface area contributed by atoms with Gasteiger partial charge in [0.1, 0.15) is 0 Å². The molecule has 0 saturated heterocycles. The summed E-state index contributed by atoms with van der Waals surface area (Å²) in [5.74, 6) is -0.939. The number of imidazole rings is 1. The third-order valence-corrected chi connectivity index (χ3v) is 5.04. The van der Waals surface area contributed by atoms with Gasteiger partial charge < -0.3 is 0 Å². The van der Waals surface area contributed by atoms with Crippen LogP contribution in [-0.4, -0.2) is 21.2 Å². The summed E-state index contributed by atoms with van der Waals surface area (Å²) >= 11 is 1.47. The van der Waals surface area contributed by atoms with Crippen LogP contribution in [0, 0.1) is 5.89 Å². The molecule has 114 valence electrons. The van der Waals surface area contributed by atoms with Gasteiger partial charge in [-0.3, -0.25) is 9.36 Å².